The summed E-state index contributed by atoms with van der Waals surface area (Å²) in [5.41, 5.74) is 7.42. The first-order valence-corrected chi connectivity index (χ1v) is 7.08. The minimum absolute atomic E-state index is 0.000810. The van der Waals surface area contributed by atoms with Gasteiger partial charge in [-0.05, 0) is 47.3 Å². The summed E-state index contributed by atoms with van der Waals surface area (Å²) in [6.45, 7) is 2.69. The number of hydrogen-bond donors (Lipinski definition) is 1. The molecule has 0 bridgehead atoms. The van der Waals surface area contributed by atoms with Crippen LogP contribution in [0.4, 0.5) is 0 Å². The van der Waals surface area contributed by atoms with Crippen molar-refractivity contribution in [2.24, 2.45) is 5.73 Å². The number of amides is 1. The van der Waals surface area contributed by atoms with Crippen molar-refractivity contribution in [3.05, 3.63) is 33.8 Å². The van der Waals surface area contributed by atoms with E-state index in [1.165, 1.54) is 0 Å². The quantitative estimate of drug-likeness (QED) is 0.850. The second-order valence-electron chi connectivity index (χ2n) is 4.50. The van der Waals surface area contributed by atoms with Gasteiger partial charge in [-0.15, -0.1) is 0 Å². The smallest absolute Gasteiger partial charge is 0.255 e. The van der Waals surface area contributed by atoms with Gasteiger partial charge in [0.1, 0.15) is 0 Å². The van der Waals surface area contributed by atoms with Gasteiger partial charge in [0.25, 0.3) is 5.91 Å². The monoisotopic (exact) mass is 326 g/mol. The Balaban J connectivity index is 2.31. The van der Waals surface area contributed by atoms with Crippen LogP contribution in [0.5, 0.6) is 0 Å². The molecule has 0 aliphatic carbocycles. The van der Waals surface area contributed by atoms with Crippen molar-refractivity contribution in [1.29, 1.82) is 0 Å². The van der Waals surface area contributed by atoms with Crippen molar-refractivity contribution in [1.82, 2.24) is 4.90 Å². The highest BCUT2D eigenvalue weighted by atomic mass is 79.9. The Hall–Kier alpha value is -0.940. The fourth-order valence-corrected chi connectivity index (χ4v) is 2.95. The van der Waals surface area contributed by atoms with Gasteiger partial charge < -0.3 is 10.6 Å². The SMILES string of the molecule is Cc1cccc(C(=O)N2CCCC2C(N)=S)c1Br. The molecule has 0 aromatic heterocycles. The molecule has 0 spiro atoms. The van der Waals surface area contributed by atoms with Gasteiger partial charge in [0.15, 0.2) is 0 Å². The predicted octanol–water partition coefficient (Wildman–Crippen LogP) is 2.65. The number of rotatable bonds is 2. The van der Waals surface area contributed by atoms with Crippen molar-refractivity contribution >= 4 is 39.0 Å². The zero-order valence-electron chi connectivity index (χ0n) is 10.1. The Kier molecular flexibility index (Phi) is 4.02. The number of carbonyl (C=O) groups excluding carboxylic acids is 1. The maximum Gasteiger partial charge on any atom is 0.255 e. The first-order valence-electron chi connectivity index (χ1n) is 5.87. The van der Waals surface area contributed by atoms with E-state index in [-0.39, 0.29) is 11.9 Å². The van der Waals surface area contributed by atoms with Crippen LogP contribution in [0.2, 0.25) is 0 Å². The average Bonchev–Trinajstić information content (AvgIpc) is 2.81. The summed E-state index contributed by atoms with van der Waals surface area (Å²) in [6, 6.07) is 5.59. The van der Waals surface area contributed by atoms with Crippen LogP contribution in [0.3, 0.4) is 0 Å². The van der Waals surface area contributed by atoms with Gasteiger partial charge >= 0.3 is 0 Å². The van der Waals surface area contributed by atoms with Crippen LogP contribution in [0.1, 0.15) is 28.8 Å². The van der Waals surface area contributed by atoms with Crippen molar-refractivity contribution in [3.8, 4) is 0 Å². The highest BCUT2D eigenvalue weighted by molar-refractivity contribution is 9.10. The number of likely N-dealkylation sites (tertiary alicyclic amines) is 1. The van der Waals surface area contributed by atoms with E-state index >= 15 is 0 Å². The molecule has 1 fully saturated rings. The molecular formula is C13H15BrN2OS. The predicted molar refractivity (Wildman–Crippen MR) is 79.7 cm³/mol. The summed E-state index contributed by atoms with van der Waals surface area (Å²) >= 11 is 8.51. The Morgan fingerprint density at radius 2 is 2.28 bits per heavy atom. The molecule has 2 N–H and O–H groups in total. The maximum absolute atomic E-state index is 12.5. The molecule has 2 rings (SSSR count). The Labute approximate surface area is 120 Å². The van der Waals surface area contributed by atoms with E-state index in [9.17, 15) is 4.79 Å². The molecule has 3 nitrogen and oxygen atoms in total. The van der Waals surface area contributed by atoms with E-state index in [4.69, 9.17) is 18.0 Å². The summed E-state index contributed by atoms with van der Waals surface area (Å²) < 4.78 is 0.851. The molecule has 96 valence electrons. The molecule has 1 aliphatic heterocycles. The maximum atomic E-state index is 12.5. The standard InChI is InChI=1S/C13H15BrN2OS/c1-8-4-2-5-9(11(8)14)13(17)16-7-3-6-10(16)12(15)18/h2,4-5,10H,3,6-7H2,1H3,(H2,15,18). The fraction of sp³-hybridized carbons (Fsp3) is 0.385. The van der Waals surface area contributed by atoms with Crippen molar-refractivity contribution in [3.63, 3.8) is 0 Å². The van der Waals surface area contributed by atoms with Crippen molar-refractivity contribution in [2.45, 2.75) is 25.8 Å². The van der Waals surface area contributed by atoms with Crippen LogP contribution < -0.4 is 5.73 Å². The number of carbonyl (C=O) groups is 1. The molecule has 0 saturated carbocycles. The van der Waals surface area contributed by atoms with Gasteiger partial charge in [-0.25, -0.2) is 0 Å². The van der Waals surface area contributed by atoms with Gasteiger partial charge in [-0.3, -0.25) is 4.79 Å². The first-order chi connectivity index (χ1) is 8.52. The van der Waals surface area contributed by atoms with E-state index in [1.807, 2.05) is 25.1 Å². The molecule has 1 unspecified atom stereocenters. The van der Waals surface area contributed by atoms with E-state index < -0.39 is 0 Å². The highest BCUT2D eigenvalue weighted by Gasteiger charge is 2.32. The van der Waals surface area contributed by atoms with Gasteiger partial charge in [0.05, 0.1) is 16.6 Å². The van der Waals surface area contributed by atoms with Gasteiger partial charge in [0, 0.05) is 11.0 Å². The molecule has 1 aromatic carbocycles. The molecule has 1 saturated heterocycles. The van der Waals surface area contributed by atoms with Crippen LogP contribution in [-0.4, -0.2) is 28.4 Å². The zero-order chi connectivity index (χ0) is 13.3. The molecule has 18 heavy (non-hydrogen) atoms. The van der Waals surface area contributed by atoms with Crippen LogP contribution in [-0.2, 0) is 0 Å². The third kappa shape index (κ3) is 2.42. The normalized spacial score (nSPS) is 19.0. The van der Waals surface area contributed by atoms with E-state index in [1.54, 1.807) is 4.90 Å². The minimum Gasteiger partial charge on any atom is -0.392 e. The van der Waals surface area contributed by atoms with E-state index in [2.05, 4.69) is 15.9 Å². The molecule has 1 heterocycles. The van der Waals surface area contributed by atoms with Crippen LogP contribution in [0.25, 0.3) is 0 Å². The lowest BCUT2D eigenvalue weighted by Gasteiger charge is -2.24. The third-order valence-corrected chi connectivity index (χ3v) is 4.59. The zero-order valence-corrected chi connectivity index (χ0v) is 12.6. The fourth-order valence-electron chi connectivity index (χ4n) is 2.27. The topological polar surface area (TPSA) is 46.3 Å². The van der Waals surface area contributed by atoms with Crippen LogP contribution in [0.15, 0.2) is 22.7 Å². The Morgan fingerprint density at radius 3 is 2.94 bits per heavy atom. The van der Waals surface area contributed by atoms with Gasteiger partial charge in [-0.1, -0.05) is 24.4 Å². The first kappa shape index (κ1) is 13.5. The van der Waals surface area contributed by atoms with Gasteiger partial charge in [0.2, 0.25) is 0 Å². The number of benzene rings is 1. The summed E-state index contributed by atoms with van der Waals surface area (Å²) in [5.74, 6) is 0.000810. The lowest BCUT2D eigenvalue weighted by molar-refractivity contribution is 0.0769. The summed E-state index contributed by atoms with van der Waals surface area (Å²) in [4.78, 5) is 14.7. The number of nitrogens with two attached hydrogens (primary N) is 1. The molecule has 1 amide bonds. The summed E-state index contributed by atoms with van der Waals surface area (Å²) in [5, 5.41) is 0. The molecule has 1 atom stereocenters. The number of halogens is 1. The van der Waals surface area contributed by atoms with Crippen molar-refractivity contribution < 1.29 is 4.79 Å². The molecule has 1 aromatic rings. The lowest BCUT2D eigenvalue weighted by Crippen LogP contribution is -2.43. The second kappa shape index (κ2) is 5.36. The highest BCUT2D eigenvalue weighted by Crippen LogP contribution is 2.26. The summed E-state index contributed by atoms with van der Waals surface area (Å²) in [7, 11) is 0. The molecule has 1 aliphatic rings. The largest absolute Gasteiger partial charge is 0.392 e. The number of hydrogen-bond acceptors (Lipinski definition) is 2. The summed E-state index contributed by atoms with van der Waals surface area (Å²) in [6.07, 6.45) is 1.82. The minimum atomic E-state index is -0.0973. The average molecular weight is 327 g/mol. The third-order valence-electron chi connectivity index (χ3n) is 3.26. The van der Waals surface area contributed by atoms with E-state index in [0.29, 0.717) is 10.6 Å². The number of aryl methyl sites for hydroxylation is 1. The van der Waals surface area contributed by atoms with Crippen LogP contribution in [0, 0.1) is 6.92 Å². The van der Waals surface area contributed by atoms with Crippen molar-refractivity contribution in [2.75, 3.05) is 6.54 Å². The van der Waals surface area contributed by atoms with Gasteiger partial charge in [-0.2, -0.15) is 0 Å². The molecule has 5 heteroatoms. The number of thiocarbonyl (C=S) groups is 1. The van der Waals surface area contributed by atoms with E-state index in [0.717, 1.165) is 29.4 Å². The lowest BCUT2D eigenvalue weighted by atomic mass is 10.1. The van der Waals surface area contributed by atoms with Crippen LogP contribution >= 0.6 is 28.1 Å². The Bertz CT molecular complexity index is 504. The second-order valence-corrected chi connectivity index (χ2v) is 5.76. The Morgan fingerprint density at radius 1 is 1.56 bits per heavy atom. The number of nitrogens with zero attached hydrogens (tertiary/aromatic N) is 1. The molecular weight excluding hydrogens is 312 g/mol. The molecule has 0 radical (unpaired) electrons.